The van der Waals surface area contributed by atoms with E-state index in [1.807, 2.05) is 0 Å². The number of rotatable bonds is 41. The molecule has 0 radical (unpaired) electrons. The first-order valence-electron chi connectivity index (χ1n) is 25.4. The van der Waals surface area contributed by atoms with Crippen LogP contribution in [0.2, 0.25) is 0 Å². The molecule has 2 rings (SSSR count). The van der Waals surface area contributed by atoms with Crippen molar-refractivity contribution in [2.45, 2.75) is 172 Å². The summed E-state index contributed by atoms with van der Waals surface area (Å²) in [6.07, 6.45) is 5.08. The highest BCUT2D eigenvalue weighted by Crippen LogP contribution is 2.29. The van der Waals surface area contributed by atoms with Gasteiger partial charge in [-0.1, -0.05) is 12.8 Å². The van der Waals surface area contributed by atoms with Gasteiger partial charge in [0.15, 0.2) is 5.78 Å². The maximum atomic E-state index is 13.0. The molecule has 74 heavy (non-hydrogen) atoms. The monoisotopic (exact) mass is 1050 g/mol. The van der Waals surface area contributed by atoms with Crippen LogP contribution in [0.5, 0.6) is 0 Å². The Morgan fingerprint density at radius 3 is 1.81 bits per heavy atom. The summed E-state index contributed by atoms with van der Waals surface area (Å²) in [5.74, 6) is -9.07. The van der Waals surface area contributed by atoms with Gasteiger partial charge in [0.1, 0.15) is 18.7 Å². The number of nitrogens with two attached hydrogens (primary N) is 1. The smallest absolute Gasteiger partial charge is 0.333 e. The summed E-state index contributed by atoms with van der Waals surface area (Å²) in [7, 11) is 0. The fourth-order valence-electron chi connectivity index (χ4n) is 7.98. The van der Waals surface area contributed by atoms with Crippen molar-refractivity contribution >= 4 is 76.9 Å². The van der Waals surface area contributed by atoms with Crippen molar-refractivity contribution in [2.75, 3.05) is 39.5 Å². The zero-order chi connectivity index (χ0) is 54.8. The zero-order valence-electron chi connectivity index (χ0n) is 42.0. The van der Waals surface area contributed by atoms with Crippen LogP contribution in [-0.4, -0.2) is 155 Å². The van der Waals surface area contributed by atoms with Crippen molar-refractivity contribution in [3.05, 3.63) is 0 Å². The highest BCUT2D eigenvalue weighted by Gasteiger charge is 2.33. The summed E-state index contributed by atoms with van der Waals surface area (Å²) >= 11 is 0. The number of hydroxylamine groups is 2. The molecule has 0 spiro atoms. The number of ether oxygens (including phenoxy) is 2. The summed E-state index contributed by atoms with van der Waals surface area (Å²) < 4.78 is 10.8. The van der Waals surface area contributed by atoms with Crippen molar-refractivity contribution in [3.8, 4) is 0 Å². The fourth-order valence-corrected chi connectivity index (χ4v) is 7.98. The Bertz CT molecular complexity index is 1910. The Balaban J connectivity index is 1.58. The van der Waals surface area contributed by atoms with E-state index in [0.29, 0.717) is 82.4 Å². The van der Waals surface area contributed by atoms with E-state index in [4.69, 9.17) is 25.2 Å². The fraction of sp³-hybridized carbons (Fsp3) is 0.729. The summed E-state index contributed by atoms with van der Waals surface area (Å²) in [4.78, 5) is 161. The van der Waals surface area contributed by atoms with Gasteiger partial charge in [-0.2, -0.15) is 0 Å². The number of hydrogen-bond acceptors (Lipinski definition) is 16. The maximum absolute atomic E-state index is 13.0. The lowest BCUT2D eigenvalue weighted by molar-refractivity contribution is -0.197. The maximum Gasteiger partial charge on any atom is 0.333 e. The Morgan fingerprint density at radius 2 is 1.16 bits per heavy atom. The average Bonchev–Trinajstić information content (AvgIpc) is 3.66. The van der Waals surface area contributed by atoms with Crippen molar-refractivity contribution in [2.24, 2.45) is 17.6 Å². The van der Waals surface area contributed by atoms with E-state index in [1.54, 1.807) is 0 Å². The van der Waals surface area contributed by atoms with Crippen LogP contribution in [0.3, 0.4) is 0 Å². The largest absolute Gasteiger partial charge is 0.481 e. The van der Waals surface area contributed by atoms with Gasteiger partial charge in [-0.15, -0.1) is 5.06 Å². The molecular formula is C48H75N7O19. The molecule has 0 aromatic carbocycles. The van der Waals surface area contributed by atoms with E-state index in [2.05, 4.69) is 26.6 Å². The highest BCUT2D eigenvalue weighted by molar-refractivity contribution is 6.01. The van der Waals surface area contributed by atoms with Crippen molar-refractivity contribution in [1.82, 2.24) is 31.6 Å². The predicted molar refractivity (Wildman–Crippen MR) is 256 cm³/mol. The molecule has 1 saturated carbocycles. The summed E-state index contributed by atoms with van der Waals surface area (Å²) in [5, 5.41) is 41.2. The molecule has 2 unspecified atom stereocenters. The zero-order valence-corrected chi connectivity index (χ0v) is 42.0. The molecule has 8 amide bonds. The van der Waals surface area contributed by atoms with E-state index in [9.17, 15) is 72.5 Å². The number of imide groups is 1. The number of nitrogens with zero attached hydrogens (tertiary/aromatic N) is 1. The lowest BCUT2D eigenvalue weighted by Gasteiger charge is -2.28. The molecule has 1 heterocycles. The van der Waals surface area contributed by atoms with Crippen LogP contribution in [0.1, 0.15) is 154 Å². The third kappa shape index (κ3) is 28.6. The van der Waals surface area contributed by atoms with Crippen molar-refractivity contribution in [3.63, 3.8) is 0 Å². The van der Waals surface area contributed by atoms with Crippen LogP contribution in [0.15, 0.2) is 0 Å². The number of nitrogens with one attached hydrogen (secondary N) is 5. The number of unbranched alkanes of at least 4 members (excludes halogenated alkanes) is 4. The number of carboxylic acid groups (broad SMARTS) is 3. The minimum absolute atomic E-state index is 0.0147. The second-order valence-electron chi connectivity index (χ2n) is 18.3. The second-order valence-corrected chi connectivity index (χ2v) is 18.3. The van der Waals surface area contributed by atoms with Gasteiger partial charge in [0.05, 0.1) is 19.3 Å². The number of aliphatic carboxylic acids is 3. The van der Waals surface area contributed by atoms with Crippen molar-refractivity contribution in [1.29, 1.82) is 0 Å². The predicted octanol–water partition coefficient (Wildman–Crippen LogP) is 0.450. The van der Waals surface area contributed by atoms with Gasteiger partial charge >= 0.3 is 23.9 Å². The first kappa shape index (κ1) is 63.5. The van der Waals surface area contributed by atoms with E-state index in [-0.39, 0.29) is 121 Å². The molecule has 2 aliphatic rings. The van der Waals surface area contributed by atoms with Crippen LogP contribution in [0.25, 0.3) is 0 Å². The molecular weight excluding hydrogens is 979 g/mol. The van der Waals surface area contributed by atoms with Crippen LogP contribution in [0.4, 0.5) is 0 Å². The SMILES string of the molecule is NC(=O)[C@H](CCCCNC(=O)CCCCCCC(=O)ON1C(=O)CCC1=O)NC(=O)COCCOCCCC(=O)C(CCC(=O)O)NC(=O)CCC(NC(=O)C1CCC(CNC(=O)CCCC(=O)O)CC1)C(=O)O. The molecule has 26 nitrogen and oxygen atoms in total. The van der Waals surface area contributed by atoms with E-state index < -0.39 is 102 Å². The quantitative estimate of drug-likeness (QED) is 0.0296. The number of carbonyl (C=O) groups is 13. The van der Waals surface area contributed by atoms with Crippen LogP contribution in [0, 0.1) is 11.8 Å². The van der Waals surface area contributed by atoms with E-state index >= 15 is 0 Å². The molecule has 416 valence electrons. The van der Waals surface area contributed by atoms with Gasteiger partial charge in [-0.25, -0.2) is 9.59 Å². The molecule has 1 saturated heterocycles. The molecule has 26 heteroatoms. The molecule has 0 bridgehead atoms. The minimum atomic E-state index is -1.40. The summed E-state index contributed by atoms with van der Waals surface area (Å²) in [5.41, 5.74) is 5.46. The van der Waals surface area contributed by atoms with Gasteiger partial charge < -0.3 is 61.9 Å². The number of carbonyl (C=O) groups excluding carboxylic acids is 10. The first-order valence-corrected chi connectivity index (χ1v) is 25.4. The highest BCUT2D eigenvalue weighted by atomic mass is 16.7. The standard InChI is InChI=1S/C48H75N7O19/c49-46(68)34(9-5-6-25-50-37(57)11-3-1-2-4-14-45(67)74-55-41(61)22-23-42(55)62)53-40(60)30-73-28-27-72-26-8-10-36(56)33(20-24-44(65)66)52-39(59)21-19-35(48(70)71)54-47(69)32-17-15-31(16-18-32)29-51-38(58)12-7-13-43(63)64/h31-35H,1-30H2,(H2,49,68)(H,50,57)(H,51,58)(H,52,59)(H,53,60)(H,54,69)(H,63,64)(H,65,66)(H,70,71)/t31?,32?,33?,34-,35?/m0/s1. The molecule has 10 N–H and O–H groups in total. The number of amides is 8. The van der Waals surface area contributed by atoms with Gasteiger partial charge in [0, 0.05) is 83.4 Å². The number of ketones is 1. The van der Waals surface area contributed by atoms with E-state index in [0.717, 1.165) is 0 Å². The first-order chi connectivity index (χ1) is 35.2. The Kier molecular flexibility index (Phi) is 31.2. The number of carboxylic acids is 3. The van der Waals surface area contributed by atoms with Gasteiger partial charge in [-0.05, 0) is 89.4 Å². The third-order valence-electron chi connectivity index (χ3n) is 12.2. The Labute approximate surface area is 429 Å². The second kappa shape index (κ2) is 36.4. The van der Waals surface area contributed by atoms with Gasteiger partial charge in [0.25, 0.3) is 11.8 Å². The molecule has 0 aromatic heterocycles. The Hall–Kier alpha value is -6.57. The van der Waals surface area contributed by atoms with Crippen molar-refractivity contribution < 1.29 is 92.0 Å². The van der Waals surface area contributed by atoms with Crippen LogP contribution >= 0.6 is 0 Å². The third-order valence-corrected chi connectivity index (χ3v) is 12.2. The van der Waals surface area contributed by atoms with E-state index in [1.165, 1.54) is 0 Å². The minimum Gasteiger partial charge on any atom is -0.481 e. The summed E-state index contributed by atoms with van der Waals surface area (Å²) in [6.45, 7) is 0.427. The molecule has 1 aliphatic heterocycles. The lowest BCUT2D eigenvalue weighted by Crippen LogP contribution is -2.46. The summed E-state index contributed by atoms with van der Waals surface area (Å²) in [6, 6.07) is -3.54. The topological polar surface area (TPSA) is 400 Å². The van der Waals surface area contributed by atoms with Crippen LogP contribution < -0.4 is 32.3 Å². The number of primary amides is 1. The Morgan fingerprint density at radius 1 is 0.554 bits per heavy atom. The molecule has 1 aliphatic carbocycles. The van der Waals surface area contributed by atoms with Gasteiger partial charge in [-0.3, -0.25) is 52.7 Å². The number of Topliss-reactive ketones (excluding diaryl/α,β-unsaturated/α-hetero) is 1. The average molecular weight is 1050 g/mol. The van der Waals surface area contributed by atoms with Gasteiger partial charge in [0.2, 0.25) is 35.4 Å². The normalized spacial score (nSPS) is 16.5. The molecule has 2 fully saturated rings. The van der Waals surface area contributed by atoms with Crippen LogP contribution in [-0.2, 0) is 76.6 Å². The number of hydrogen-bond donors (Lipinski definition) is 9. The molecule has 3 atom stereocenters. The molecule has 0 aromatic rings. The lowest BCUT2D eigenvalue weighted by atomic mass is 9.81.